The number of halogens is 2. The Morgan fingerprint density at radius 2 is 2.19 bits per heavy atom. The second-order valence-electron chi connectivity index (χ2n) is 7.49. The van der Waals surface area contributed by atoms with Crippen molar-refractivity contribution < 1.29 is 19.0 Å². The summed E-state index contributed by atoms with van der Waals surface area (Å²) >= 11 is 5.88. The molecule has 172 valence electrons. The molecule has 2 aromatic rings. The van der Waals surface area contributed by atoms with Crippen molar-refractivity contribution in [3.63, 3.8) is 0 Å². The minimum atomic E-state index is -0.680. The third-order valence-corrected chi connectivity index (χ3v) is 5.63. The second kappa shape index (κ2) is 10.2. The summed E-state index contributed by atoms with van der Waals surface area (Å²) in [5, 5.41) is 12.1. The largest absolute Gasteiger partial charge is 0.394 e. The van der Waals surface area contributed by atoms with E-state index in [9.17, 15) is 23.9 Å². The van der Waals surface area contributed by atoms with Crippen LogP contribution in [0.2, 0.25) is 5.02 Å². The van der Waals surface area contributed by atoms with Gasteiger partial charge in [-0.2, -0.15) is 0 Å². The fraction of sp³-hybridized carbons (Fsp3) is 0.429. The van der Waals surface area contributed by atoms with Crippen molar-refractivity contribution in [3.8, 4) is 0 Å². The van der Waals surface area contributed by atoms with Crippen molar-refractivity contribution >= 4 is 24.2 Å². The lowest BCUT2D eigenvalue weighted by atomic mass is 10.1. The molecular weight excluding hydrogens is 443 g/mol. The van der Waals surface area contributed by atoms with Gasteiger partial charge in [-0.25, -0.2) is 9.18 Å². The molecule has 1 aromatic heterocycles. The van der Waals surface area contributed by atoms with Gasteiger partial charge in [0.15, 0.2) is 0 Å². The molecule has 0 bridgehead atoms. The van der Waals surface area contributed by atoms with Crippen molar-refractivity contribution in [1.82, 2.24) is 14.5 Å². The van der Waals surface area contributed by atoms with E-state index >= 15 is 0 Å². The van der Waals surface area contributed by atoms with Gasteiger partial charge in [-0.1, -0.05) is 11.6 Å². The van der Waals surface area contributed by atoms with E-state index in [1.807, 2.05) is 0 Å². The van der Waals surface area contributed by atoms with Gasteiger partial charge in [-0.05, 0) is 38.3 Å². The Kier molecular flexibility index (Phi) is 7.60. The Hall–Kier alpha value is -2.82. The maximum absolute atomic E-state index is 13.1. The zero-order valence-corrected chi connectivity index (χ0v) is 18.2. The number of nitrogens with zero attached hydrogens (tertiary/aromatic N) is 3. The molecule has 1 fully saturated rings. The molecular formula is C21H24ClFN4O5. The van der Waals surface area contributed by atoms with E-state index in [2.05, 4.69) is 17.0 Å². The number of amides is 1. The van der Waals surface area contributed by atoms with Gasteiger partial charge in [0.05, 0.1) is 23.2 Å². The van der Waals surface area contributed by atoms with Crippen LogP contribution in [0.1, 0.15) is 35.0 Å². The number of rotatable bonds is 8. The van der Waals surface area contributed by atoms with Crippen LogP contribution in [0.15, 0.2) is 39.0 Å². The molecule has 9 nitrogen and oxygen atoms in total. The van der Waals surface area contributed by atoms with Crippen molar-refractivity contribution in [2.75, 3.05) is 13.2 Å². The topological polar surface area (TPSA) is 115 Å². The zero-order valence-electron chi connectivity index (χ0n) is 17.5. The van der Waals surface area contributed by atoms with Crippen LogP contribution in [0.5, 0.6) is 0 Å². The number of hydrogen-bond acceptors (Lipinski definition) is 6. The molecule has 0 aliphatic carbocycles. The number of hydrogen-bond donors (Lipinski definition) is 2. The summed E-state index contributed by atoms with van der Waals surface area (Å²) in [5.74, 6) is -1.03. The number of carbonyl (C=O) groups is 1. The van der Waals surface area contributed by atoms with Crippen molar-refractivity contribution in [2.45, 2.75) is 44.7 Å². The molecule has 1 amide bonds. The number of ether oxygens (including phenoxy) is 1. The molecule has 32 heavy (non-hydrogen) atoms. The molecule has 1 aliphatic rings. The maximum Gasteiger partial charge on any atom is 0.333 e. The van der Waals surface area contributed by atoms with Crippen molar-refractivity contribution in [3.05, 3.63) is 67.2 Å². The van der Waals surface area contributed by atoms with E-state index in [1.54, 1.807) is 6.92 Å². The minimum Gasteiger partial charge on any atom is -0.394 e. The quantitative estimate of drug-likeness (QED) is 0.449. The fourth-order valence-corrected chi connectivity index (χ4v) is 3.87. The number of aliphatic hydroxyl groups excluding tert-OH is 1. The van der Waals surface area contributed by atoms with Gasteiger partial charge >= 0.3 is 5.69 Å². The summed E-state index contributed by atoms with van der Waals surface area (Å²) in [5.41, 5.74) is -0.509. The fourth-order valence-electron chi connectivity index (χ4n) is 3.61. The zero-order chi connectivity index (χ0) is 23.4. The minimum absolute atomic E-state index is 0.00893. The van der Waals surface area contributed by atoms with E-state index in [4.69, 9.17) is 16.3 Å². The Morgan fingerprint density at radius 3 is 2.81 bits per heavy atom. The predicted molar refractivity (Wildman–Crippen MR) is 117 cm³/mol. The highest BCUT2D eigenvalue weighted by Gasteiger charge is 2.36. The first-order chi connectivity index (χ1) is 15.3. The van der Waals surface area contributed by atoms with Gasteiger partial charge in [0, 0.05) is 31.3 Å². The Labute approximate surface area is 188 Å². The van der Waals surface area contributed by atoms with Crippen LogP contribution < -0.4 is 16.6 Å². The number of benzene rings is 1. The van der Waals surface area contributed by atoms with Gasteiger partial charge in [0.2, 0.25) is 0 Å². The molecule has 0 spiro atoms. The van der Waals surface area contributed by atoms with Crippen LogP contribution in [0, 0.1) is 12.7 Å². The van der Waals surface area contributed by atoms with E-state index in [1.165, 1.54) is 16.8 Å². The van der Waals surface area contributed by atoms with Crippen LogP contribution in [0.25, 0.3) is 0 Å². The van der Waals surface area contributed by atoms with Gasteiger partial charge in [-0.15, -0.1) is 0 Å². The highest BCUT2D eigenvalue weighted by molar-refractivity contribution is 6.33. The normalized spacial score (nSPS) is 20.3. The van der Waals surface area contributed by atoms with Crippen molar-refractivity contribution in [2.24, 2.45) is 4.99 Å². The smallest absolute Gasteiger partial charge is 0.333 e. The van der Waals surface area contributed by atoms with Gasteiger partial charge in [0.1, 0.15) is 18.1 Å². The highest BCUT2D eigenvalue weighted by Crippen LogP contribution is 2.29. The molecule has 11 heteroatoms. The first kappa shape index (κ1) is 23.8. The second-order valence-corrected chi connectivity index (χ2v) is 7.90. The van der Waals surface area contributed by atoms with E-state index < -0.39 is 35.3 Å². The Balaban J connectivity index is 1.69. The Bertz CT molecular complexity index is 1130. The average Bonchev–Trinajstić information content (AvgIpc) is 3.18. The van der Waals surface area contributed by atoms with Crippen LogP contribution >= 0.6 is 11.6 Å². The van der Waals surface area contributed by atoms with Gasteiger partial charge in [0.25, 0.3) is 11.5 Å². The summed E-state index contributed by atoms with van der Waals surface area (Å²) in [6.07, 6.45) is 0.829. The maximum atomic E-state index is 13.1. The predicted octanol–water partition coefficient (Wildman–Crippen LogP) is 1.28. The first-order valence-electron chi connectivity index (χ1n) is 10.0. The van der Waals surface area contributed by atoms with E-state index in [0.717, 1.165) is 16.7 Å². The number of carbonyl (C=O) groups excluding carboxylic acids is 1. The molecule has 0 saturated carbocycles. The molecule has 2 N–H and O–H groups in total. The van der Waals surface area contributed by atoms with Crippen molar-refractivity contribution in [1.29, 1.82) is 0 Å². The van der Waals surface area contributed by atoms with Crippen LogP contribution in [0.4, 0.5) is 4.39 Å². The lowest BCUT2D eigenvalue weighted by Crippen LogP contribution is -2.42. The molecule has 2 heterocycles. The van der Waals surface area contributed by atoms with Crippen LogP contribution in [-0.2, 0) is 11.3 Å². The van der Waals surface area contributed by atoms with Gasteiger partial charge < -0.3 is 15.2 Å². The summed E-state index contributed by atoms with van der Waals surface area (Å²) in [4.78, 5) is 41.6. The number of nitrogens with one attached hydrogen (secondary N) is 1. The number of aryl methyl sites for hydroxylation is 1. The number of aromatic nitrogens is 2. The summed E-state index contributed by atoms with van der Waals surface area (Å²) in [7, 11) is 0. The van der Waals surface area contributed by atoms with E-state index in [0.29, 0.717) is 18.4 Å². The summed E-state index contributed by atoms with van der Waals surface area (Å²) in [6, 6.07) is 3.10. The Morgan fingerprint density at radius 1 is 1.44 bits per heavy atom. The standard InChI is InChI=1S/C21H24ClFN4O5/c1-12-10-27(18-9-16(24-2)17(11-28)32-18)21(31)26(20(12)30)7-3-6-25-19(29)14-5-4-13(23)8-15(14)22/h4-5,8,10,16-18,28H,2-3,6-7,9,11H2,1H3,(H,25,29)/t16?,17-,18-/m1/s1. The first-order valence-corrected chi connectivity index (χ1v) is 10.4. The number of aliphatic imine (C=N–C) groups is 1. The number of aliphatic hydroxyl groups is 1. The summed E-state index contributed by atoms with van der Waals surface area (Å²) < 4.78 is 21.3. The average molecular weight is 467 g/mol. The summed E-state index contributed by atoms with van der Waals surface area (Å²) in [6.45, 7) is 5.06. The lowest BCUT2D eigenvalue weighted by molar-refractivity contribution is -0.0276. The molecule has 3 atom stereocenters. The molecule has 1 aromatic carbocycles. The SMILES string of the molecule is C=NC1C[C@H](n2cc(C)c(=O)n(CCCNC(=O)c3ccc(F)cc3Cl)c2=O)O[C@@H]1CO. The molecule has 0 radical (unpaired) electrons. The third-order valence-electron chi connectivity index (χ3n) is 5.32. The lowest BCUT2D eigenvalue weighted by Gasteiger charge is -2.17. The molecule has 1 unspecified atom stereocenters. The highest BCUT2D eigenvalue weighted by atomic mass is 35.5. The van der Waals surface area contributed by atoms with E-state index in [-0.39, 0.29) is 36.3 Å². The molecule has 1 saturated heterocycles. The van der Waals surface area contributed by atoms with Gasteiger partial charge in [-0.3, -0.25) is 23.7 Å². The van der Waals surface area contributed by atoms with Crippen LogP contribution in [-0.4, -0.2) is 52.2 Å². The molecule has 3 rings (SSSR count). The molecule has 1 aliphatic heterocycles. The monoisotopic (exact) mass is 466 g/mol. The third kappa shape index (κ3) is 4.98. The van der Waals surface area contributed by atoms with Crippen LogP contribution in [0.3, 0.4) is 0 Å².